The second-order valence-corrected chi connectivity index (χ2v) is 9.39. The second kappa shape index (κ2) is 10.0. The first-order chi connectivity index (χ1) is 17.9. The molecular weight excluding hydrogens is 511 g/mol. The number of nitrogens with zero attached hydrogens (tertiary/aromatic N) is 4. The Kier molecular flexibility index (Phi) is 6.77. The molecule has 2 heterocycles. The molecule has 11 heteroatoms. The smallest absolute Gasteiger partial charge is 0.434 e. The van der Waals surface area contributed by atoms with Gasteiger partial charge in [0, 0.05) is 28.6 Å². The highest BCUT2D eigenvalue weighted by Crippen LogP contribution is 2.46. The van der Waals surface area contributed by atoms with Crippen molar-refractivity contribution in [1.82, 2.24) is 9.55 Å². The maximum atomic E-state index is 13.3. The van der Waals surface area contributed by atoms with Gasteiger partial charge in [-0.15, -0.1) is 11.3 Å². The van der Waals surface area contributed by atoms with E-state index in [0.717, 1.165) is 51.7 Å². The molecule has 1 aliphatic carbocycles. The van der Waals surface area contributed by atoms with Gasteiger partial charge in [-0.3, -0.25) is 0 Å². The molecule has 0 amide bonds. The molecule has 1 fully saturated rings. The lowest BCUT2D eigenvalue weighted by molar-refractivity contribution is -0.140. The molecule has 0 saturated heterocycles. The molecule has 0 atom stereocenters. The summed E-state index contributed by atoms with van der Waals surface area (Å²) in [5.74, 6) is 0.513. The lowest BCUT2D eigenvalue weighted by Gasteiger charge is -2.21. The number of alkyl halides is 5. The zero-order chi connectivity index (χ0) is 26.2. The van der Waals surface area contributed by atoms with Gasteiger partial charge in [0.1, 0.15) is 31.8 Å². The van der Waals surface area contributed by atoms with Crippen molar-refractivity contribution < 1.29 is 26.7 Å². The van der Waals surface area contributed by atoms with Crippen LogP contribution in [0.15, 0.2) is 47.8 Å². The first-order valence-corrected chi connectivity index (χ1v) is 12.5. The van der Waals surface area contributed by atoms with Gasteiger partial charge in [0.2, 0.25) is 0 Å². The van der Waals surface area contributed by atoms with Crippen LogP contribution in [0, 0.1) is 11.3 Å². The van der Waals surface area contributed by atoms with Crippen molar-refractivity contribution in [2.24, 2.45) is 0 Å². The number of rotatable bonds is 9. The molecule has 0 radical (unpaired) electrons. The molecule has 1 saturated carbocycles. The normalized spacial score (nSPS) is 13.6. The molecule has 0 unspecified atom stereocenters. The van der Waals surface area contributed by atoms with Crippen LogP contribution < -0.4 is 9.64 Å². The Morgan fingerprint density at radius 1 is 1.11 bits per heavy atom. The van der Waals surface area contributed by atoms with Crippen molar-refractivity contribution in [2.75, 3.05) is 31.4 Å². The van der Waals surface area contributed by atoms with E-state index in [9.17, 15) is 27.2 Å². The fraction of sp³-hybridized carbons (Fsp3) is 0.308. The second-order valence-electron chi connectivity index (χ2n) is 8.55. The van der Waals surface area contributed by atoms with Crippen LogP contribution in [-0.2, 0) is 6.18 Å². The average molecular weight is 533 g/mol. The summed E-state index contributed by atoms with van der Waals surface area (Å²) in [6.07, 6.45) is -2.68. The van der Waals surface area contributed by atoms with Crippen LogP contribution in [0.1, 0.15) is 30.1 Å². The molecule has 5 rings (SSSR count). The molecule has 4 aromatic rings. The zero-order valence-corrected chi connectivity index (χ0v) is 20.3. The van der Waals surface area contributed by atoms with Gasteiger partial charge in [-0.05, 0) is 42.7 Å². The number of ether oxygens (including phenoxy) is 1. The molecule has 1 aliphatic rings. The summed E-state index contributed by atoms with van der Waals surface area (Å²) in [6, 6.07) is 14.7. The number of hydrogen-bond donors (Lipinski definition) is 0. The van der Waals surface area contributed by atoms with Crippen molar-refractivity contribution in [2.45, 2.75) is 25.1 Å². The number of anilines is 2. The van der Waals surface area contributed by atoms with E-state index in [1.807, 2.05) is 6.07 Å². The minimum atomic E-state index is -4.58. The molecule has 2 aromatic carbocycles. The summed E-state index contributed by atoms with van der Waals surface area (Å²) in [7, 11) is 0. The molecule has 0 N–H and O–H groups in total. The van der Waals surface area contributed by atoms with Crippen molar-refractivity contribution in [3.05, 3.63) is 59.1 Å². The molecule has 0 spiro atoms. The van der Waals surface area contributed by atoms with Crippen LogP contribution in [-0.4, -0.2) is 36.1 Å². The third-order valence-corrected chi connectivity index (χ3v) is 6.98. The van der Waals surface area contributed by atoms with Crippen molar-refractivity contribution in [1.29, 1.82) is 5.26 Å². The van der Waals surface area contributed by atoms with Gasteiger partial charge in [-0.2, -0.15) is 18.4 Å². The standard InChI is InChI=1S/C26H21F5N4OS/c27-9-11-34(25-33-23(15-37-25)26(29,30)31)17-3-1-16(2-4-17)24-21(14-32)20-8-7-19(36-12-10-28)13-22(20)35(24)18-5-6-18/h1-4,7-8,13,15,18H,5-6,9-12H2. The van der Waals surface area contributed by atoms with Crippen molar-refractivity contribution in [3.8, 4) is 23.1 Å². The Labute approximate surface area is 213 Å². The number of halogens is 5. The minimum absolute atomic E-state index is 0.0448. The van der Waals surface area contributed by atoms with Crippen LogP contribution in [0.4, 0.5) is 32.8 Å². The van der Waals surface area contributed by atoms with Gasteiger partial charge in [-0.25, -0.2) is 13.8 Å². The third kappa shape index (κ3) is 4.85. The van der Waals surface area contributed by atoms with E-state index >= 15 is 0 Å². The number of aromatic nitrogens is 2. The number of fused-ring (bicyclic) bond motifs is 1. The summed E-state index contributed by atoms with van der Waals surface area (Å²) < 4.78 is 72.6. The lowest BCUT2D eigenvalue weighted by atomic mass is 10.1. The lowest BCUT2D eigenvalue weighted by Crippen LogP contribution is -2.20. The average Bonchev–Trinajstić information content (AvgIpc) is 3.49. The molecule has 192 valence electrons. The van der Waals surface area contributed by atoms with E-state index in [1.165, 1.54) is 4.90 Å². The van der Waals surface area contributed by atoms with Gasteiger partial charge in [0.05, 0.1) is 23.3 Å². The summed E-state index contributed by atoms with van der Waals surface area (Å²) >= 11 is 0.796. The summed E-state index contributed by atoms with van der Waals surface area (Å²) in [5, 5.41) is 11.7. The van der Waals surface area contributed by atoms with Crippen LogP contribution >= 0.6 is 11.3 Å². The van der Waals surface area contributed by atoms with Gasteiger partial charge in [0.15, 0.2) is 10.8 Å². The van der Waals surface area contributed by atoms with Gasteiger partial charge in [0.25, 0.3) is 0 Å². The summed E-state index contributed by atoms with van der Waals surface area (Å²) in [5.41, 5.74) is 2.23. The molecular formula is C26H21F5N4OS. The third-order valence-electron chi connectivity index (χ3n) is 6.12. The minimum Gasteiger partial charge on any atom is -0.491 e. The molecule has 5 nitrogen and oxygen atoms in total. The Bertz CT molecular complexity index is 1450. The van der Waals surface area contributed by atoms with E-state index in [0.29, 0.717) is 17.0 Å². The summed E-state index contributed by atoms with van der Waals surface area (Å²) in [6.45, 7) is -1.60. The highest BCUT2D eigenvalue weighted by atomic mass is 32.1. The summed E-state index contributed by atoms with van der Waals surface area (Å²) in [4.78, 5) is 5.06. The Morgan fingerprint density at radius 2 is 1.86 bits per heavy atom. The SMILES string of the molecule is N#Cc1c(-c2ccc(N(CCF)c3nc(C(F)(F)F)cs3)cc2)n(C2CC2)c2cc(OCCF)ccc12. The predicted molar refractivity (Wildman–Crippen MR) is 132 cm³/mol. The fourth-order valence-electron chi connectivity index (χ4n) is 4.38. The Hall–Kier alpha value is -3.65. The topological polar surface area (TPSA) is 54.1 Å². The van der Waals surface area contributed by atoms with Crippen LogP contribution in [0.3, 0.4) is 0 Å². The fourth-order valence-corrected chi connectivity index (χ4v) is 5.26. The monoisotopic (exact) mass is 532 g/mol. The van der Waals surface area contributed by atoms with Crippen LogP contribution in [0.2, 0.25) is 0 Å². The van der Waals surface area contributed by atoms with Crippen molar-refractivity contribution in [3.63, 3.8) is 0 Å². The maximum Gasteiger partial charge on any atom is 0.434 e. The first-order valence-electron chi connectivity index (χ1n) is 11.6. The van der Waals surface area contributed by atoms with E-state index in [1.54, 1.807) is 36.4 Å². The van der Waals surface area contributed by atoms with Crippen molar-refractivity contribution >= 4 is 33.1 Å². The van der Waals surface area contributed by atoms with Gasteiger partial charge >= 0.3 is 6.18 Å². The Morgan fingerprint density at radius 3 is 2.46 bits per heavy atom. The zero-order valence-electron chi connectivity index (χ0n) is 19.4. The molecule has 0 aliphatic heterocycles. The quantitative estimate of drug-likeness (QED) is 0.210. The molecule has 37 heavy (non-hydrogen) atoms. The van der Waals surface area contributed by atoms with Gasteiger partial charge < -0.3 is 14.2 Å². The number of hydrogen-bond acceptors (Lipinski definition) is 5. The molecule has 2 aromatic heterocycles. The first kappa shape index (κ1) is 25.0. The van der Waals surface area contributed by atoms with E-state index in [-0.39, 0.29) is 24.3 Å². The largest absolute Gasteiger partial charge is 0.491 e. The van der Waals surface area contributed by atoms with Crippen LogP contribution in [0.5, 0.6) is 5.75 Å². The highest BCUT2D eigenvalue weighted by Gasteiger charge is 2.35. The maximum absolute atomic E-state index is 13.3. The van der Waals surface area contributed by atoms with Crippen LogP contribution in [0.25, 0.3) is 22.2 Å². The van der Waals surface area contributed by atoms with E-state index in [2.05, 4.69) is 15.6 Å². The van der Waals surface area contributed by atoms with E-state index in [4.69, 9.17) is 4.74 Å². The molecule has 0 bridgehead atoms. The number of benzene rings is 2. The highest BCUT2D eigenvalue weighted by molar-refractivity contribution is 7.13. The number of thiazole rings is 1. The van der Waals surface area contributed by atoms with Gasteiger partial charge in [-0.1, -0.05) is 12.1 Å². The van der Waals surface area contributed by atoms with E-state index < -0.39 is 25.2 Å². The Balaban J connectivity index is 1.55. The predicted octanol–water partition coefficient (Wildman–Crippen LogP) is 7.45. The number of nitriles is 1.